The number of hydrogen-bond donors (Lipinski definition) is 2. The summed E-state index contributed by atoms with van der Waals surface area (Å²) in [4.78, 5) is 0. The quantitative estimate of drug-likeness (QED) is 0.506. The third kappa shape index (κ3) is 1.55. The van der Waals surface area contributed by atoms with E-state index in [0.29, 0.717) is 5.54 Å². The Morgan fingerprint density at radius 3 is 2.55 bits per heavy atom. The molecule has 11 heavy (non-hydrogen) atoms. The molecule has 0 aliphatic carbocycles. The van der Waals surface area contributed by atoms with Crippen LogP contribution in [0.4, 0.5) is 0 Å². The molecule has 2 saturated heterocycles. The molecule has 2 heterocycles. The van der Waals surface area contributed by atoms with E-state index in [1.165, 1.54) is 12.8 Å². The fourth-order valence-corrected chi connectivity index (χ4v) is 1.93. The summed E-state index contributed by atoms with van der Waals surface area (Å²) in [5.41, 5.74) is 0.323. The Bertz CT molecular complexity index is 107. The van der Waals surface area contributed by atoms with E-state index in [1.807, 2.05) is 0 Å². The summed E-state index contributed by atoms with van der Waals surface area (Å²) >= 11 is 0. The minimum atomic E-state index is 0.323. The Hall–Kier alpha value is -0.120. The van der Waals surface area contributed by atoms with Crippen LogP contribution in [0.1, 0.15) is 12.8 Å². The molecule has 0 bridgehead atoms. The number of ether oxygens (including phenoxy) is 1. The van der Waals surface area contributed by atoms with Gasteiger partial charge in [0, 0.05) is 12.1 Å². The highest BCUT2D eigenvalue weighted by atomic mass is 16.5. The Balaban J connectivity index is 1.94. The Labute approximate surface area is 67.5 Å². The van der Waals surface area contributed by atoms with Gasteiger partial charge in [-0.1, -0.05) is 0 Å². The van der Waals surface area contributed by atoms with E-state index in [9.17, 15) is 0 Å². The number of hydrogen-bond acceptors (Lipinski definition) is 3. The van der Waals surface area contributed by atoms with Gasteiger partial charge in [0.2, 0.25) is 0 Å². The van der Waals surface area contributed by atoms with Crippen molar-refractivity contribution < 1.29 is 4.74 Å². The van der Waals surface area contributed by atoms with Gasteiger partial charge in [-0.25, -0.2) is 0 Å². The van der Waals surface area contributed by atoms with Gasteiger partial charge >= 0.3 is 0 Å². The van der Waals surface area contributed by atoms with Crippen molar-refractivity contribution in [1.82, 2.24) is 10.6 Å². The first-order valence-electron chi connectivity index (χ1n) is 4.45. The summed E-state index contributed by atoms with van der Waals surface area (Å²) in [7, 11) is 0. The molecule has 64 valence electrons. The van der Waals surface area contributed by atoms with E-state index in [4.69, 9.17) is 4.74 Å². The summed E-state index contributed by atoms with van der Waals surface area (Å²) in [6.45, 7) is 5.09. The fraction of sp³-hybridized carbons (Fsp3) is 1.00. The number of rotatable bonds is 0. The van der Waals surface area contributed by atoms with E-state index in [1.54, 1.807) is 0 Å². The molecule has 0 saturated carbocycles. The van der Waals surface area contributed by atoms with E-state index in [-0.39, 0.29) is 0 Å². The third-order valence-electron chi connectivity index (χ3n) is 2.69. The van der Waals surface area contributed by atoms with Crippen LogP contribution >= 0.6 is 0 Å². The zero-order valence-corrected chi connectivity index (χ0v) is 6.86. The van der Waals surface area contributed by atoms with Crippen LogP contribution in [0, 0.1) is 0 Å². The minimum absolute atomic E-state index is 0.323. The predicted molar refractivity (Wildman–Crippen MR) is 43.7 cm³/mol. The highest BCUT2D eigenvalue weighted by molar-refractivity contribution is 4.93. The average Bonchev–Trinajstić information content (AvgIpc) is 2.07. The predicted octanol–water partition coefficient (Wildman–Crippen LogP) is -0.272. The largest absolute Gasteiger partial charge is 0.378 e. The minimum Gasteiger partial charge on any atom is -0.378 e. The molecule has 2 aliphatic heterocycles. The lowest BCUT2D eigenvalue weighted by molar-refractivity contribution is 0.0129. The van der Waals surface area contributed by atoms with E-state index in [2.05, 4.69) is 10.6 Å². The van der Waals surface area contributed by atoms with Gasteiger partial charge in [-0.2, -0.15) is 0 Å². The van der Waals surface area contributed by atoms with Gasteiger partial charge in [0.05, 0.1) is 13.2 Å². The molecule has 2 rings (SSSR count). The summed E-state index contributed by atoms with van der Waals surface area (Å²) in [6.07, 6.45) is 2.43. The molecule has 0 atom stereocenters. The van der Waals surface area contributed by atoms with Gasteiger partial charge in [-0.3, -0.25) is 0 Å². The van der Waals surface area contributed by atoms with Crippen molar-refractivity contribution in [1.29, 1.82) is 0 Å². The normalized spacial score (nSPS) is 30.5. The molecule has 0 aromatic heterocycles. The van der Waals surface area contributed by atoms with Gasteiger partial charge in [0.1, 0.15) is 0 Å². The number of morpholine rings is 1. The maximum Gasteiger partial charge on any atom is 0.0649 e. The van der Waals surface area contributed by atoms with Crippen molar-refractivity contribution in [2.24, 2.45) is 0 Å². The first kappa shape index (κ1) is 7.53. The van der Waals surface area contributed by atoms with Crippen molar-refractivity contribution in [3.8, 4) is 0 Å². The molecule has 2 aliphatic rings. The van der Waals surface area contributed by atoms with Crippen LogP contribution in [-0.4, -0.2) is 38.4 Å². The van der Waals surface area contributed by atoms with E-state index >= 15 is 0 Å². The first-order valence-corrected chi connectivity index (χ1v) is 4.45. The van der Waals surface area contributed by atoms with Crippen LogP contribution in [-0.2, 0) is 4.74 Å². The van der Waals surface area contributed by atoms with Gasteiger partial charge in [-0.05, 0) is 25.9 Å². The van der Waals surface area contributed by atoms with Crippen LogP contribution in [0.5, 0.6) is 0 Å². The highest BCUT2D eigenvalue weighted by Crippen LogP contribution is 2.20. The van der Waals surface area contributed by atoms with Gasteiger partial charge in [0.15, 0.2) is 0 Å². The van der Waals surface area contributed by atoms with Crippen molar-refractivity contribution in [3.05, 3.63) is 0 Å². The van der Waals surface area contributed by atoms with Crippen molar-refractivity contribution in [3.63, 3.8) is 0 Å². The molecular formula is C8H16N2O. The van der Waals surface area contributed by atoms with Crippen molar-refractivity contribution in [2.45, 2.75) is 18.4 Å². The maximum absolute atomic E-state index is 5.47. The smallest absolute Gasteiger partial charge is 0.0649 e. The molecule has 3 heteroatoms. The highest BCUT2D eigenvalue weighted by Gasteiger charge is 2.33. The van der Waals surface area contributed by atoms with Crippen molar-refractivity contribution >= 4 is 0 Å². The monoisotopic (exact) mass is 156 g/mol. The molecule has 0 aromatic carbocycles. The number of piperidine rings is 1. The molecule has 0 unspecified atom stereocenters. The third-order valence-corrected chi connectivity index (χ3v) is 2.69. The molecule has 0 aromatic rings. The zero-order chi connectivity index (χ0) is 7.57. The van der Waals surface area contributed by atoms with Crippen LogP contribution in [0.2, 0.25) is 0 Å². The maximum atomic E-state index is 5.47. The molecule has 0 radical (unpaired) electrons. The summed E-state index contributed by atoms with van der Waals surface area (Å²) in [5.74, 6) is 0. The van der Waals surface area contributed by atoms with Crippen molar-refractivity contribution in [2.75, 3.05) is 32.8 Å². The van der Waals surface area contributed by atoms with Crippen LogP contribution in [0.3, 0.4) is 0 Å². The lowest BCUT2D eigenvalue weighted by Crippen LogP contribution is -2.58. The molecule has 0 amide bonds. The molecule has 3 nitrogen and oxygen atoms in total. The van der Waals surface area contributed by atoms with Gasteiger partial charge in [-0.15, -0.1) is 0 Å². The molecule has 1 spiro atoms. The lowest BCUT2D eigenvalue weighted by Gasteiger charge is -2.41. The first-order chi connectivity index (χ1) is 5.41. The number of nitrogens with one attached hydrogen (secondary N) is 2. The van der Waals surface area contributed by atoms with E-state index < -0.39 is 0 Å². The Morgan fingerprint density at radius 2 is 1.91 bits per heavy atom. The van der Waals surface area contributed by atoms with Crippen LogP contribution in [0.25, 0.3) is 0 Å². The molecular weight excluding hydrogens is 140 g/mol. The fourth-order valence-electron chi connectivity index (χ4n) is 1.93. The van der Waals surface area contributed by atoms with Gasteiger partial charge < -0.3 is 15.4 Å². The second-order valence-corrected chi connectivity index (χ2v) is 3.51. The SMILES string of the molecule is C1CC2(CCN1)COCCN2. The Kier molecular flexibility index (Phi) is 2.11. The average molecular weight is 156 g/mol. The van der Waals surface area contributed by atoms with E-state index in [0.717, 1.165) is 32.8 Å². The second kappa shape index (κ2) is 3.09. The van der Waals surface area contributed by atoms with Crippen LogP contribution < -0.4 is 10.6 Å². The Morgan fingerprint density at radius 1 is 1.09 bits per heavy atom. The summed E-state index contributed by atoms with van der Waals surface area (Å²) in [5, 5.41) is 6.93. The van der Waals surface area contributed by atoms with Gasteiger partial charge in [0.25, 0.3) is 0 Å². The topological polar surface area (TPSA) is 33.3 Å². The molecule has 2 fully saturated rings. The standard InChI is InChI=1S/C8H16N2O/c1-3-9-4-2-8(1)7-11-6-5-10-8/h9-10H,1-7H2. The lowest BCUT2D eigenvalue weighted by atomic mass is 9.88. The summed E-state index contributed by atoms with van der Waals surface area (Å²) in [6, 6.07) is 0. The molecule has 2 N–H and O–H groups in total. The van der Waals surface area contributed by atoms with Crippen LogP contribution in [0.15, 0.2) is 0 Å². The zero-order valence-electron chi connectivity index (χ0n) is 6.86. The summed E-state index contributed by atoms with van der Waals surface area (Å²) < 4.78 is 5.47. The second-order valence-electron chi connectivity index (χ2n) is 3.51.